The van der Waals surface area contributed by atoms with Crippen LogP contribution in [0.2, 0.25) is 0 Å². The van der Waals surface area contributed by atoms with Crippen molar-refractivity contribution in [1.29, 1.82) is 0 Å². The first-order valence-electron chi connectivity index (χ1n) is 5.24. The Morgan fingerprint density at radius 2 is 2.06 bits per heavy atom. The first kappa shape index (κ1) is 12.1. The Morgan fingerprint density at radius 1 is 1.33 bits per heavy atom. The van der Waals surface area contributed by atoms with Crippen molar-refractivity contribution in [2.75, 3.05) is 14.2 Å². The summed E-state index contributed by atoms with van der Waals surface area (Å²) in [7, 11) is 2.86. The molecule has 1 aromatic heterocycles. The summed E-state index contributed by atoms with van der Waals surface area (Å²) in [5, 5.41) is 11.7. The van der Waals surface area contributed by atoms with Crippen molar-refractivity contribution in [3.8, 4) is 11.5 Å². The van der Waals surface area contributed by atoms with Crippen LogP contribution in [-0.4, -0.2) is 24.1 Å². The van der Waals surface area contributed by atoms with Gasteiger partial charge < -0.3 is 9.47 Å². The lowest BCUT2D eigenvalue weighted by atomic mass is 10.1. The normalized spacial score (nSPS) is 10.4. The minimum Gasteiger partial charge on any atom is -0.496 e. The molecule has 0 atom stereocenters. The van der Waals surface area contributed by atoms with E-state index >= 15 is 0 Å². The molecule has 0 aliphatic rings. The maximum atomic E-state index is 11.0. The van der Waals surface area contributed by atoms with Crippen molar-refractivity contribution in [2.45, 2.75) is 6.92 Å². The van der Waals surface area contributed by atoms with Crippen LogP contribution < -0.4 is 9.47 Å². The third-order valence-electron chi connectivity index (χ3n) is 2.74. The van der Waals surface area contributed by atoms with E-state index < -0.39 is 4.92 Å². The summed E-state index contributed by atoms with van der Waals surface area (Å²) in [6.45, 7) is 1.89. The van der Waals surface area contributed by atoms with Crippen molar-refractivity contribution in [3.05, 3.63) is 34.0 Å². The largest absolute Gasteiger partial charge is 0.496 e. The van der Waals surface area contributed by atoms with E-state index in [1.807, 2.05) is 13.0 Å². The predicted molar refractivity (Wildman–Crippen MR) is 66.2 cm³/mol. The number of fused-ring (bicyclic) bond motifs is 1. The number of pyridine rings is 1. The van der Waals surface area contributed by atoms with E-state index in [2.05, 4.69) is 4.98 Å². The van der Waals surface area contributed by atoms with Gasteiger partial charge in [0.2, 0.25) is 5.75 Å². The van der Waals surface area contributed by atoms with Gasteiger partial charge in [0.1, 0.15) is 11.3 Å². The maximum Gasteiger partial charge on any atom is 0.316 e. The van der Waals surface area contributed by atoms with E-state index in [0.29, 0.717) is 11.3 Å². The minimum absolute atomic E-state index is 0.152. The van der Waals surface area contributed by atoms with Crippen LogP contribution in [0.5, 0.6) is 11.5 Å². The average molecular weight is 248 g/mol. The molecule has 0 bridgehead atoms. The second-order valence-electron chi connectivity index (χ2n) is 3.74. The van der Waals surface area contributed by atoms with Gasteiger partial charge in [-0.2, -0.15) is 0 Å². The summed E-state index contributed by atoms with van der Waals surface area (Å²) in [6, 6.07) is 3.17. The summed E-state index contributed by atoms with van der Waals surface area (Å²) in [5.41, 5.74) is 1.20. The first-order valence-corrected chi connectivity index (χ1v) is 5.24. The number of hydrogen-bond acceptors (Lipinski definition) is 5. The molecule has 0 fully saturated rings. The van der Waals surface area contributed by atoms with Crippen molar-refractivity contribution in [2.24, 2.45) is 0 Å². The number of aryl methyl sites for hydroxylation is 1. The Bertz CT molecular complexity index is 625. The number of nitro groups is 1. The number of rotatable bonds is 3. The number of nitro benzene ring substituents is 1. The molecule has 18 heavy (non-hydrogen) atoms. The molecule has 0 saturated heterocycles. The molecule has 0 amide bonds. The number of ether oxygens (including phenoxy) is 2. The molecular weight excluding hydrogens is 236 g/mol. The van der Waals surface area contributed by atoms with E-state index in [1.165, 1.54) is 20.3 Å². The van der Waals surface area contributed by atoms with Gasteiger partial charge in [0.25, 0.3) is 0 Å². The van der Waals surface area contributed by atoms with Gasteiger partial charge in [-0.25, -0.2) is 0 Å². The van der Waals surface area contributed by atoms with Gasteiger partial charge in [-0.05, 0) is 18.6 Å². The van der Waals surface area contributed by atoms with E-state index in [9.17, 15) is 10.1 Å². The van der Waals surface area contributed by atoms with Crippen molar-refractivity contribution >= 4 is 16.6 Å². The second-order valence-corrected chi connectivity index (χ2v) is 3.74. The van der Waals surface area contributed by atoms with Crippen molar-refractivity contribution in [3.63, 3.8) is 0 Å². The zero-order chi connectivity index (χ0) is 13.3. The lowest BCUT2D eigenvalue weighted by Gasteiger charge is -2.11. The molecule has 0 saturated carbocycles. The van der Waals surface area contributed by atoms with Crippen LogP contribution in [0.3, 0.4) is 0 Å². The third-order valence-corrected chi connectivity index (χ3v) is 2.74. The molecule has 2 aromatic rings. The summed E-state index contributed by atoms with van der Waals surface area (Å²) >= 11 is 0. The fourth-order valence-electron chi connectivity index (χ4n) is 1.92. The van der Waals surface area contributed by atoms with Gasteiger partial charge in [-0.15, -0.1) is 0 Å². The molecule has 1 heterocycles. The molecule has 0 spiro atoms. The van der Waals surface area contributed by atoms with Crippen molar-refractivity contribution in [1.82, 2.24) is 4.98 Å². The van der Waals surface area contributed by atoms with Crippen LogP contribution in [-0.2, 0) is 0 Å². The molecule has 1 aromatic carbocycles. The quantitative estimate of drug-likeness (QED) is 0.616. The van der Waals surface area contributed by atoms with Crippen LogP contribution >= 0.6 is 0 Å². The zero-order valence-electron chi connectivity index (χ0n) is 10.3. The topological polar surface area (TPSA) is 74.5 Å². The number of aromatic nitrogens is 1. The Labute approximate surface area is 103 Å². The Morgan fingerprint density at radius 3 is 2.61 bits per heavy atom. The van der Waals surface area contributed by atoms with Gasteiger partial charge in [-0.1, -0.05) is 0 Å². The fraction of sp³-hybridized carbons (Fsp3) is 0.250. The molecule has 6 heteroatoms. The van der Waals surface area contributed by atoms with E-state index in [-0.39, 0.29) is 11.4 Å². The molecule has 0 aliphatic heterocycles. The lowest BCUT2D eigenvalue weighted by molar-refractivity contribution is -0.385. The van der Waals surface area contributed by atoms with Crippen molar-refractivity contribution < 1.29 is 14.4 Å². The van der Waals surface area contributed by atoms with E-state index in [0.717, 1.165) is 10.9 Å². The lowest BCUT2D eigenvalue weighted by Crippen LogP contribution is -1.99. The molecule has 2 rings (SSSR count). The highest BCUT2D eigenvalue weighted by atomic mass is 16.6. The molecule has 94 valence electrons. The summed E-state index contributed by atoms with van der Waals surface area (Å²) < 4.78 is 10.3. The SMILES string of the molecule is COc1c([N+](=O)[O-])cc(OC)c2c(C)ccnc12. The Hall–Kier alpha value is -2.37. The van der Waals surface area contributed by atoms with Crippen LogP contribution in [0.4, 0.5) is 5.69 Å². The monoisotopic (exact) mass is 248 g/mol. The first-order chi connectivity index (χ1) is 8.60. The number of hydrogen-bond donors (Lipinski definition) is 0. The zero-order valence-corrected chi connectivity index (χ0v) is 10.3. The molecular formula is C12H12N2O4. The third kappa shape index (κ3) is 1.71. The summed E-state index contributed by atoms with van der Waals surface area (Å²) in [4.78, 5) is 14.7. The molecule has 0 unspecified atom stereocenters. The number of benzene rings is 1. The van der Waals surface area contributed by atoms with Gasteiger partial charge in [0.05, 0.1) is 25.2 Å². The van der Waals surface area contributed by atoms with Gasteiger partial charge >= 0.3 is 5.69 Å². The Kier molecular flexibility index (Phi) is 3.01. The van der Waals surface area contributed by atoms with Gasteiger partial charge in [0, 0.05) is 11.6 Å². The standard InChI is InChI=1S/C12H12N2O4/c1-7-4-5-13-11-10(7)9(17-2)6-8(14(15)16)12(11)18-3/h4-6H,1-3H3. The highest BCUT2D eigenvalue weighted by molar-refractivity contribution is 5.95. The highest BCUT2D eigenvalue weighted by Crippen LogP contribution is 2.40. The summed E-state index contributed by atoms with van der Waals surface area (Å²) in [5.74, 6) is 0.572. The number of methoxy groups -OCH3 is 2. The van der Waals surface area contributed by atoms with Gasteiger partial charge in [-0.3, -0.25) is 15.1 Å². The molecule has 0 radical (unpaired) electrons. The van der Waals surface area contributed by atoms with E-state index in [1.54, 1.807) is 6.20 Å². The molecule has 0 aliphatic carbocycles. The molecule has 6 nitrogen and oxygen atoms in total. The Balaban J connectivity index is 2.96. The minimum atomic E-state index is -0.509. The van der Waals surface area contributed by atoms with Crippen LogP contribution in [0.1, 0.15) is 5.56 Å². The van der Waals surface area contributed by atoms with Gasteiger partial charge in [0.15, 0.2) is 0 Å². The van der Waals surface area contributed by atoms with Crippen LogP contribution in [0.25, 0.3) is 10.9 Å². The average Bonchev–Trinajstić information content (AvgIpc) is 2.36. The van der Waals surface area contributed by atoms with E-state index in [4.69, 9.17) is 9.47 Å². The fourth-order valence-corrected chi connectivity index (χ4v) is 1.92. The molecule has 0 N–H and O–H groups in total. The van der Waals surface area contributed by atoms with Crippen LogP contribution in [0, 0.1) is 17.0 Å². The highest BCUT2D eigenvalue weighted by Gasteiger charge is 2.23. The predicted octanol–water partition coefficient (Wildman–Crippen LogP) is 2.47. The second kappa shape index (κ2) is 4.48. The maximum absolute atomic E-state index is 11.0. The number of nitrogens with zero attached hydrogens (tertiary/aromatic N) is 2. The summed E-state index contributed by atoms with van der Waals surface area (Å²) in [6.07, 6.45) is 1.59. The smallest absolute Gasteiger partial charge is 0.316 e. The van der Waals surface area contributed by atoms with Crippen LogP contribution in [0.15, 0.2) is 18.3 Å².